The summed E-state index contributed by atoms with van der Waals surface area (Å²) in [6.45, 7) is 4.66. The van der Waals surface area contributed by atoms with Crippen LogP contribution in [0.5, 0.6) is 0 Å². The summed E-state index contributed by atoms with van der Waals surface area (Å²) in [6, 6.07) is 11.5. The monoisotopic (exact) mass is 386 g/mol. The summed E-state index contributed by atoms with van der Waals surface area (Å²) in [4.78, 5) is 12.0. The van der Waals surface area contributed by atoms with Crippen LogP contribution in [0.4, 0.5) is 5.82 Å². The molecule has 8 heteroatoms. The topological polar surface area (TPSA) is 84.2 Å². The van der Waals surface area contributed by atoms with E-state index in [9.17, 15) is 4.79 Å². The molecule has 0 unspecified atom stereocenters. The summed E-state index contributed by atoms with van der Waals surface area (Å²) in [7, 11) is 0. The lowest BCUT2D eigenvalue weighted by molar-refractivity contribution is -0.121. The minimum Gasteiger partial charge on any atom is -0.365 e. The van der Waals surface area contributed by atoms with Crippen LogP contribution in [-0.2, 0) is 17.8 Å². The lowest BCUT2D eigenvalue weighted by Gasteiger charge is -2.10. The Bertz CT molecular complexity index is 908. The van der Waals surface area contributed by atoms with Crippen LogP contribution >= 0.6 is 11.6 Å². The summed E-state index contributed by atoms with van der Waals surface area (Å²) >= 11 is 5.91. The third-order valence-electron chi connectivity index (χ3n) is 4.31. The van der Waals surface area contributed by atoms with Gasteiger partial charge < -0.3 is 10.6 Å². The van der Waals surface area contributed by atoms with Crippen molar-refractivity contribution in [1.82, 2.24) is 25.1 Å². The van der Waals surface area contributed by atoms with Crippen LogP contribution in [0.15, 0.2) is 36.4 Å². The van der Waals surface area contributed by atoms with E-state index < -0.39 is 0 Å². The quantitative estimate of drug-likeness (QED) is 0.620. The van der Waals surface area contributed by atoms with Crippen LogP contribution in [0, 0.1) is 0 Å². The number of carbonyl (C=O) groups excluding carboxylic acids is 1. The standard InChI is InChI=1S/C19H23ClN6O/c1-3-13(2)22-19(27)11-10-18-24-23-17-9-8-16(25-26(17)18)21-12-14-4-6-15(20)7-5-14/h4-9,13H,3,10-12H2,1-2H3,(H,21,25)(H,22,27)/t13-/m1/s1. The van der Waals surface area contributed by atoms with Crippen molar-refractivity contribution < 1.29 is 4.79 Å². The van der Waals surface area contributed by atoms with Gasteiger partial charge in [0.1, 0.15) is 5.82 Å². The summed E-state index contributed by atoms with van der Waals surface area (Å²) in [6.07, 6.45) is 1.75. The molecule has 0 radical (unpaired) electrons. The highest BCUT2D eigenvalue weighted by Gasteiger charge is 2.11. The fourth-order valence-corrected chi connectivity index (χ4v) is 2.68. The Labute approximate surface area is 163 Å². The number of nitrogens with one attached hydrogen (secondary N) is 2. The fraction of sp³-hybridized carbons (Fsp3) is 0.368. The van der Waals surface area contributed by atoms with Crippen molar-refractivity contribution in [3.63, 3.8) is 0 Å². The summed E-state index contributed by atoms with van der Waals surface area (Å²) in [5, 5.41) is 19.8. The molecule has 2 aromatic heterocycles. The number of nitrogens with zero attached hydrogens (tertiary/aromatic N) is 4. The molecule has 2 heterocycles. The Morgan fingerprint density at radius 3 is 2.70 bits per heavy atom. The molecule has 1 amide bonds. The second kappa shape index (κ2) is 8.81. The molecule has 2 N–H and O–H groups in total. The smallest absolute Gasteiger partial charge is 0.220 e. The zero-order chi connectivity index (χ0) is 19.2. The minimum atomic E-state index is 0.0121. The number of rotatable bonds is 8. The van der Waals surface area contributed by atoms with E-state index in [1.54, 1.807) is 4.52 Å². The molecule has 1 aromatic carbocycles. The SMILES string of the molecule is CC[C@@H](C)NC(=O)CCc1nnc2ccc(NCc3ccc(Cl)cc3)nn12. The summed E-state index contributed by atoms with van der Waals surface area (Å²) in [5.41, 5.74) is 1.76. The van der Waals surface area contributed by atoms with Crippen molar-refractivity contribution in [2.24, 2.45) is 0 Å². The van der Waals surface area contributed by atoms with Crippen LogP contribution in [-0.4, -0.2) is 31.8 Å². The third-order valence-corrected chi connectivity index (χ3v) is 4.56. The molecule has 0 saturated carbocycles. The number of halogens is 1. The van der Waals surface area contributed by atoms with Crippen LogP contribution in [0.3, 0.4) is 0 Å². The third kappa shape index (κ3) is 5.17. The summed E-state index contributed by atoms with van der Waals surface area (Å²) in [5.74, 6) is 1.39. The normalized spacial score (nSPS) is 12.1. The first kappa shape index (κ1) is 19.1. The van der Waals surface area contributed by atoms with Gasteiger partial charge in [0.05, 0.1) is 0 Å². The number of anilines is 1. The number of amides is 1. The van der Waals surface area contributed by atoms with E-state index in [0.717, 1.165) is 12.0 Å². The van der Waals surface area contributed by atoms with Crippen LogP contribution in [0.1, 0.15) is 38.1 Å². The number of benzene rings is 1. The van der Waals surface area contributed by atoms with Crippen molar-refractivity contribution in [3.05, 3.63) is 52.8 Å². The predicted molar refractivity (Wildman–Crippen MR) is 106 cm³/mol. The number of fused-ring (bicyclic) bond motifs is 1. The maximum Gasteiger partial charge on any atom is 0.220 e. The van der Waals surface area contributed by atoms with Crippen molar-refractivity contribution in [1.29, 1.82) is 0 Å². The number of carbonyl (C=O) groups is 1. The van der Waals surface area contributed by atoms with E-state index in [1.807, 2.05) is 50.2 Å². The first-order chi connectivity index (χ1) is 13.0. The van der Waals surface area contributed by atoms with Gasteiger partial charge in [-0.3, -0.25) is 4.79 Å². The number of aryl methyl sites for hydroxylation is 1. The van der Waals surface area contributed by atoms with Gasteiger partial charge in [-0.2, -0.15) is 4.52 Å². The van der Waals surface area contributed by atoms with Gasteiger partial charge >= 0.3 is 0 Å². The van der Waals surface area contributed by atoms with E-state index in [0.29, 0.717) is 41.7 Å². The molecule has 0 aliphatic heterocycles. The van der Waals surface area contributed by atoms with Crippen LogP contribution in [0.2, 0.25) is 5.02 Å². The fourth-order valence-electron chi connectivity index (χ4n) is 2.55. The summed E-state index contributed by atoms with van der Waals surface area (Å²) < 4.78 is 1.68. The van der Waals surface area contributed by atoms with Crippen molar-refractivity contribution >= 4 is 29.0 Å². The molecule has 3 rings (SSSR count). The van der Waals surface area contributed by atoms with E-state index in [1.165, 1.54) is 0 Å². The molecule has 0 aliphatic rings. The zero-order valence-corrected chi connectivity index (χ0v) is 16.2. The van der Waals surface area contributed by atoms with Gasteiger partial charge in [-0.15, -0.1) is 15.3 Å². The van der Waals surface area contributed by atoms with Crippen LogP contribution < -0.4 is 10.6 Å². The van der Waals surface area contributed by atoms with Crippen molar-refractivity contribution in [3.8, 4) is 0 Å². The molecular formula is C19H23ClN6O. The second-order valence-corrected chi connectivity index (χ2v) is 6.90. The first-order valence-corrected chi connectivity index (χ1v) is 9.42. The molecular weight excluding hydrogens is 364 g/mol. The molecule has 0 spiro atoms. The van der Waals surface area contributed by atoms with Gasteiger partial charge in [0.25, 0.3) is 0 Å². The van der Waals surface area contributed by atoms with E-state index in [2.05, 4.69) is 25.9 Å². The molecule has 0 bridgehead atoms. The molecule has 3 aromatic rings. The highest BCUT2D eigenvalue weighted by Crippen LogP contribution is 2.12. The Morgan fingerprint density at radius 2 is 1.96 bits per heavy atom. The minimum absolute atomic E-state index is 0.0121. The molecule has 0 aliphatic carbocycles. The van der Waals surface area contributed by atoms with Crippen LogP contribution in [0.25, 0.3) is 5.65 Å². The predicted octanol–water partition coefficient (Wildman–Crippen LogP) is 3.24. The second-order valence-electron chi connectivity index (χ2n) is 6.46. The molecule has 0 fully saturated rings. The molecule has 0 saturated heterocycles. The largest absolute Gasteiger partial charge is 0.365 e. The van der Waals surface area contributed by atoms with E-state index in [4.69, 9.17) is 11.6 Å². The highest BCUT2D eigenvalue weighted by molar-refractivity contribution is 6.30. The van der Waals surface area contributed by atoms with E-state index >= 15 is 0 Å². The highest BCUT2D eigenvalue weighted by atomic mass is 35.5. The lowest BCUT2D eigenvalue weighted by atomic mass is 10.2. The van der Waals surface area contributed by atoms with Gasteiger partial charge in [0.2, 0.25) is 5.91 Å². The van der Waals surface area contributed by atoms with Gasteiger partial charge in [-0.1, -0.05) is 30.7 Å². The van der Waals surface area contributed by atoms with Crippen molar-refractivity contribution in [2.45, 2.75) is 45.7 Å². The average Bonchev–Trinajstić information content (AvgIpc) is 3.08. The van der Waals surface area contributed by atoms with Gasteiger partial charge in [-0.25, -0.2) is 0 Å². The van der Waals surface area contributed by atoms with E-state index in [-0.39, 0.29) is 11.9 Å². The maximum atomic E-state index is 12.0. The Hall–Kier alpha value is -2.67. The van der Waals surface area contributed by atoms with Crippen molar-refractivity contribution in [2.75, 3.05) is 5.32 Å². The Balaban J connectivity index is 1.64. The Morgan fingerprint density at radius 1 is 1.19 bits per heavy atom. The Kier molecular flexibility index (Phi) is 6.24. The first-order valence-electron chi connectivity index (χ1n) is 9.04. The maximum absolute atomic E-state index is 12.0. The number of hydrogen-bond acceptors (Lipinski definition) is 5. The molecule has 27 heavy (non-hydrogen) atoms. The van der Waals surface area contributed by atoms with Gasteiger partial charge in [0.15, 0.2) is 11.5 Å². The average molecular weight is 387 g/mol. The van der Waals surface area contributed by atoms with Gasteiger partial charge in [-0.05, 0) is 43.2 Å². The number of aromatic nitrogens is 4. The molecule has 1 atom stereocenters. The number of hydrogen-bond donors (Lipinski definition) is 2. The molecule has 142 valence electrons. The van der Waals surface area contributed by atoms with Gasteiger partial charge in [0, 0.05) is 30.5 Å². The molecule has 7 nitrogen and oxygen atoms in total. The zero-order valence-electron chi connectivity index (χ0n) is 15.4. The lowest BCUT2D eigenvalue weighted by Crippen LogP contribution is -2.32.